The van der Waals surface area contributed by atoms with Crippen LogP contribution in [0, 0.1) is 5.82 Å². The summed E-state index contributed by atoms with van der Waals surface area (Å²) in [5, 5.41) is 10.3. The Balaban J connectivity index is 2.20. The minimum Gasteiger partial charge on any atom is -0.384 e. The highest BCUT2D eigenvalue weighted by Crippen LogP contribution is 2.39. The van der Waals surface area contributed by atoms with Gasteiger partial charge in [0.05, 0.1) is 0 Å². The van der Waals surface area contributed by atoms with Gasteiger partial charge in [-0.2, -0.15) is 0 Å². The summed E-state index contributed by atoms with van der Waals surface area (Å²) in [5.41, 5.74) is 2.16. The average Bonchev–Trinajstić information content (AvgIpc) is 2.50. The maximum absolute atomic E-state index is 13.7. The van der Waals surface area contributed by atoms with Gasteiger partial charge in [0.2, 0.25) is 0 Å². The topological polar surface area (TPSA) is 20.2 Å². The van der Waals surface area contributed by atoms with Crippen LogP contribution in [0.4, 0.5) is 4.39 Å². The number of benzene rings is 2. The Morgan fingerprint density at radius 1 is 1.06 bits per heavy atom. The highest BCUT2D eigenvalue weighted by molar-refractivity contribution is 7.98. The first kappa shape index (κ1) is 10.8. The van der Waals surface area contributed by atoms with Gasteiger partial charge < -0.3 is 5.11 Å². The first-order chi connectivity index (χ1) is 8.27. The van der Waals surface area contributed by atoms with Gasteiger partial charge in [-0.25, -0.2) is 4.39 Å². The summed E-state index contributed by atoms with van der Waals surface area (Å²) in [5.74, 6) is 0.331. The van der Waals surface area contributed by atoms with Gasteiger partial charge in [0.25, 0.3) is 0 Å². The second-order valence-electron chi connectivity index (χ2n) is 4.04. The van der Waals surface area contributed by atoms with Crippen LogP contribution in [-0.4, -0.2) is 5.11 Å². The Morgan fingerprint density at radius 3 is 2.71 bits per heavy atom. The molecule has 17 heavy (non-hydrogen) atoms. The third-order valence-corrected chi connectivity index (χ3v) is 4.15. The normalized spacial score (nSPS) is 18.1. The van der Waals surface area contributed by atoms with Crippen molar-refractivity contribution >= 4 is 11.8 Å². The predicted molar refractivity (Wildman–Crippen MR) is 66.5 cm³/mol. The fraction of sp³-hybridized carbons (Fsp3) is 0.143. The van der Waals surface area contributed by atoms with Gasteiger partial charge in [-0.1, -0.05) is 30.3 Å². The van der Waals surface area contributed by atoms with Gasteiger partial charge in [-0.15, -0.1) is 11.8 Å². The van der Waals surface area contributed by atoms with Crippen LogP contribution in [-0.2, 0) is 5.75 Å². The molecule has 1 nitrogen and oxygen atoms in total. The molecule has 0 unspecified atom stereocenters. The van der Waals surface area contributed by atoms with E-state index in [9.17, 15) is 9.50 Å². The zero-order chi connectivity index (χ0) is 11.8. The van der Waals surface area contributed by atoms with Gasteiger partial charge in [0.15, 0.2) is 0 Å². The van der Waals surface area contributed by atoms with Crippen molar-refractivity contribution in [3.05, 3.63) is 65.0 Å². The minimum absolute atomic E-state index is 0.234. The van der Waals surface area contributed by atoms with Crippen molar-refractivity contribution < 1.29 is 9.50 Å². The number of aliphatic hydroxyl groups excluding tert-OH is 1. The van der Waals surface area contributed by atoms with Crippen LogP contribution in [0.25, 0.3) is 0 Å². The smallest absolute Gasteiger partial charge is 0.127 e. The Bertz CT molecular complexity index is 568. The third kappa shape index (κ3) is 1.75. The molecule has 2 aromatic carbocycles. The largest absolute Gasteiger partial charge is 0.384 e. The highest BCUT2D eigenvalue weighted by Gasteiger charge is 2.23. The van der Waals surface area contributed by atoms with Crippen LogP contribution in [0.2, 0.25) is 0 Å². The van der Waals surface area contributed by atoms with Crippen LogP contribution in [0.3, 0.4) is 0 Å². The molecule has 0 fully saturated rings. The molecule has 2 aromatic rings. The fourth-order valence-electron chi connectivity index (χ4n) is 2.14. The molecule has 0 saturated heterocycles. The van der Waals surface area contributed by atoms with Crippen molar-refractivity contribution in [2.75, 3.05) is 0 Å². The maximum Gasteiger partial charge on any atom is 0.127 e. The van der Waals surface area contributed by atoms with E-state index < -0.39 is 6.10 Å². The molecule has 86 valence electrons. The number of thioether (sulfide) groups is 1. The molecule has 1 atom stereocenters. The van der Waals surface area contributed by atoms with Crippen molar-refractivity contribution in [1.82, 2.24) is 0 Å². The average molecular weight is 246 g/mol. The van der Waals surface area contributed by atoms with Crippen LogP contribution < -0.4 is 0 Å². The van der Waals surface area contributed by atoms with Crippen LogP contribution >= 0.6 is 11.8 Å². The summed E-state index contributed by atoms with van der Waals surface area (Å²) in [6, 6.07) is 12.6. The molecule has 1 N–H and O–H groups in total. The molecule has 1 heterocycles. The number of rotatable bonds is 0. The van der Waals surface area contributed by atoms with E-state index in [-0.39, 0.29) is 5.82 Å². The quantitative estimate of drug-likeness (QED) is 0.767. The lowest BCUT2D eigenvalue weighted by Gasteiger charge is -2.13. The molecule has 3 rings (SSSR count). The summed E-state index contributed by atoms with van der Waals surface area (Å²) in [4.78, 5) is 1.02. The van der Waals surface area contributed by atoms with Crippen molar-refractivity contribution in [1.29, 1.82) is 0 Å². The standard InChI is InChI=1S/C14H11FOS/c15-12-6-3-5-9-11(12)8-17-13-7-2-1-4-10(13)14(9)16/h1-7,14,16H,8H2/t14-/m0/s1. The van der Waals surface area contributed by atoms with E-state index in [1.807, 2.05) is 24.3 Å². The molecule has 0 aliphatic carbocycles. The third-order valence-electron chi connectivity index (χ3n) is 3.04. The molecule has 0 spiro atoms. The molecular formula is C14H11FOS. The number of hydrogen-bond donors (Lipinski definition) is 1. The van der Waals surface area contributed by atoms with Gasteiger partial charge >= 0.3 is 0 Å². The SMILES string of the molecule is O[C@@H]1c2ccccc2SCc2c(F)cccc21. The summed E-state index contributed by atoms with van der Waals surface area (Å²) in [7, 11) is 0. The number of fused-ring (bicyclic) bond motifs is 2. The summed E-state index contributed by atoms with van der Waals surface area (Å²) >= 11 is 1.57. The van der Waals surface area contributed by atoms with Crippen molar-refractivity contribution in [2.24, 2.45) is 0 Å². The number of hydrogen-bond acceptors (Lipinski definition) is 2. The summed E-state index contributed by atoms with van der Waals surface area (Å²) in [6.45, 7) is 0. The first-order valence-electron chi connectivity index (χ1n) is 5.44. The van der Waals surface area contributed by atoms with Crippen molar-refractivity contribution in [3.63, 3.8) is 0 Å². The number of aliphatic hydroxyl groups is 1. The van der Waals surface area contributed by atoms with Gasteiger partial charge in [0.1, 0.15) is 11.9 Å². The number of halogens is 1. The Labute approximate surface area is 103 Å². The summed E-state index contributed by atoms with van der Waals surface area (Å²) in [6.07, 6.45) is -0.730. The van der Waals surface area contributed by atoms with Crippen LogP contribution in [0.1, 0.15) is 22.8 Å². The zero-order valence-corrected chi connectivity index (χ0v) is 9.88. The molecule has 1 aliphatic heterocycles. The first-order valence-corrected chi connectivity index (χ1v) is 6.43. The monoisotopic (exact) mass is 246 g/mol. The van der Waals surface area contributed by atoms with E-state index in [1.54, 1.807) is 23.9 Å². The van der Waals surface area contributed by atoms with E-state index in [0.717, 1.165) is 10.5 Å². The second-order valence-corrected chi connectivity index (χ2v) is 5.05. The molecule has 3 heteroatoms. The molecule has 0 radical (unpaired) electrons. The Hall–Kier alpha value is -1.32. The fourth-order valence-corrected chi connectivity index (χ4v) is 3.26. The lowest BCUT2D eigenvalue weighted by Crippen LogP contribution is -2.03. The van der Waals surface area contributed by atoms with Gasteiger partial charge in [0, 0.05) is 16.2 Å². The highest BCUT2D eigenvalue weighted by atomic mass is 32.2. The maximum atomic E-state index is 13.7. The van der Waals surface area contributed by atoms with Crippen LogP contribution in [0.15, 0.2) is 47.4 Å². The van der Waals surface area contributed by atoms with E-state index >= 15 is 0 Å². The molecule has 0 bridgehead atoms. The van der Waals surface area contributed by atoms with Crippen molar-refractivity contribution in [3.8, 4) is 0 Å². The summed E-state index contributed by atoms with van der Waals surface area (Å²) < 4.78 is 13.7. The molecule has 0 aromatic heterocycles. The molecule has 1 aliphatic rings. The molecular weight excluding hydrogens is 235 g/mol. The lowest BCUT2D eigenvalue weighted by atomic mass is 9.97. The molecule has 0 amide bonds. The van der Waals surface area contributed by atoms with Crippen molar-refractivity contribution in [2.45, 2.75) is 16.8 Å². The van der Waals surface area contributed by atoms with Gasteiger partial charge in [-0.3, -0.25) is 0 Å². The van der Waals surface area contributed by atoms with E-state index in [2.05, 4.69) is 0 Å². The molecule has 0 saturated carbocycles. The zero-order valence-electron chi connectivity index (χ0n) is 9.06. The minimum atomic E-state index is -0.730. The lowest BCUT2D eigenvalue weighted by molar-refractivity contribution is 0.216. The van der Waals surface area contributed by atoms with E-state index in [0.29, 0.717) is 16.9 Å². The van der Waals surface area contributed by atoms with Gasteiger partial charge in [-0.05, 0) is 23.3 Å². The van der Waals surface area contributed by atoms with E-state index in [4.69, 9.17) is 0 Å². The second kappa shape index (κ2) is 4.17. The van der Waals surface area contributed by atoms with Crippen LogP contribution in [0.5, 0.6) is 0 Å². The Kier molecular flexibility index (Phi) is 2.65. The Morgan fingerprint density at radius 2 is 1.82 bits per heavy atom. The van der Waals surface area contributed by atoms with E-state index in [1.165, 1.54) is 6.07 Å². The predicted octanol–water partition coefficient (Wildman–Crippen LogP) is 3.51.